The van der Waals surface area contributed by atoms with Gasteiger partial charge in [0.25, 0.3) is 0 Å². The van der Waals surface area contributed by atoms with Gasteiger partial charge in [-0.3, -0.25) is 4.90 Å². The van der Waals surface area contributed by atoms with Crippen LogP contribution in [-0.2, 0) is 11.3 Å². The maximum Gasteiger partial charge on any atom is 0.165 e. The van der Waals surface area contributed by atoms with E-state index in [4.69, 9.17) is 13.9 Å². The van der Waals surface area contributed by atoms with Crippen LogP contribution in [0.5, 0.6) is 5.75 Å². The average molecular weight is 317 g/mol. The summed E-state index contributed by atoms with van der Waals surface area (Å²) in [7, 11) is 0. The van der Waals surface area contributed by atoms with Crippen LogP contribution in [0.25, 0.3) is 0 Å². The molecule has 1 aromatic carbocycles. The molecule has 2 aromatic rings. The summed E-state index contributed by atoms with van der Waals surface area (Å²) in [4.78, 5) is 2.38. The third-order valence-electron chi connectivity index (χ3n) is 4.79. The molecule has 0 aliphatic carbocycles. The van der Waals surface area contributed by atoms with E-state index in [1.807, 2.05) is 6.07 Å². The molecule has 23 heavy (non-hydrogen) atoms. The van der Waals surface area contributed by atoms with Crippen molar-refractivity contribution in [2.75, 3.05) is 26.3 Å². The van der Waals surface area contributed by atoms with Crippen LogP contribution in [0.4, 0.5) is 4.39 Å². The number of likely N-dealkylation sites (tertiary alicyclic amines) is 1. The highest BCUT2D eigenvalue weighted by molar-refractivity contribution is 5.23. The summed E-state index contributed by atoms with van der Waals surface area (Å²) < 4.78 is 30.4. The highest BCUT2D eigenvalue weighted by atomic mass is 19.1. The van der Waals surface area contributed by atoms with Crippen molar-refractivity contribution in [1.82, 2.24) is 4.90 Å². The van der Waals surface area contributed by atoms with Crippen molar-refractivity contribution in [3.63, 3.8) is 0 Å². The van der Waals surface area contributed by atoms with Crippen molar-refractivity contribution < 1.29 is 18.3 Å². The lowest BCUT2D eigenvalue weighted by atomic mass is 9.94. The van der Waals surface area contributed by atoms with E-state index in [2.05, 4.69) is 4.90 Å². The highest BCUT2D eigenvalue weighted by Crippen LogP contribution is 2.34. The summed E-state index contributed by atoms with van der Waals surface area (Å²) in [6.45, 7) is 4.01. The quantitative estimate of drug-likeness (QED) is 0.849. The van der Waals surface area contributed by atoms with Gasteiger partial charge in [-0.15, -0.1) is 0 Å². The van der Waals surface area contributed by atoms with Crippen LogP contribution in [-0.4, -0.2) is 37.3 Å². The predicted octanol–water partition coefficient (Wildman–Crippen LogP) is 2.94. The molecule has 4 rings (SSSR count). The molecular formula is C18H20FNO3. The third kappa shape index (κ3) is 3.12. The number of rotatable bonds is 5. The lowest BCUT2D eigenvalue weighted by Crippen LogP contribution is -2.26. The molecule has 2 aliphatic rings. The number of benzene rings is 1. The fourth-order valence-electron chi connectivity index (χ4n) is 3.58. The fourth-order valence-corrected chi connectivity index (χ4v) is 3.58. The Morgan fingerprint density at radius 2 is 2.13 bits per heavy atom. The molecule has 122 valence electrons. The van der Waals surface area contributed by atoms with E-state index < -0.39 is 0 Å². The van der Waals surface area contributed by atoms with Crippen molar-refractivity contribution in [3.05, 3.63) is 54.2 Å². The van der Waals surface area contributed by atoms with Crippen molar-refractivity contribution in [2.45, 2.75) is 12.6 Å². The van der Waals surface area contributed by atoms with Crippen LogP contribution in [0, 0.1) is 17.7 Å². The minimum absolute atomic E-state index is 0.260. The van der Waals surface area contributed by atoms with Crippen LogP contribution in [0.2, 0.25) is 0 Å². The molecule has 2 aliphatic heterocycles. The van der Waals surface area contributed by atoms with Gasteiger partial charge in [0.15, 0.2) is 11.6 Å². The van der Waals surface area contributed by atoms with Gasteiger partial charge in [-0.1, -0.05) is 12.1 Å². The Bertz CT molecular complexity index is 645. The van der Waals surface area contributed by atoms with Gasteiger partial charge in [0.2, 0.25) is 0 Å². The molecule has 0 radical (unpaired) electrons. The largest absolute Gasteiger partial charge is 0.490 e. The van der Waals surface area contributed by atoms with Gasteiger partial charge >= 0.3 is 0 Å². The van der Waals surface area contributed by atoms with E-state index in [9.17, 15) is 4.39 Å². The van der Waals surface area contributed by atoms with Gasteiger partial charge < -0.3 is 13.9 Å². The van der Waals surface area contributed by atoms with Gasteiger partial charge in [-0.05, 0) is 18.2 Å². The monoisotopic (exact) mass is 317 g/mol. The summed E-state index contributed by atoms with van der Waals surface area (Å²) in [5.74, 6) is 0.780. The van der Waals surface area contributed by atoms with Gasteiger partial charge in [-0.2, -0.15) is 0 Å². The predicted molar refractivity (Wildman–Crippen MR) is 82.6 cm³/mol. The molecule has 0 spiro atoms. The van der Waals surface area contributed by atoms with Crippen LogP contribution in [0.15, 0.2) is 47.3 Å². The summed E-state index contributed by atoms with van der Waals surface area (Å²) in [6.07, 6.45) is 3.75. The summed E-state index contributed by atoms with van der Waals surface area (Å²) >= 11 is 0. The molecule has 0 bridgehead atoms. The lowest BCUT2D eigenvalue weighted by molar-refractivity contribution is 0.0894. The number of para-hydroxylation sites is 1. The molecule has 3 atom stereocenters. The molecular weight excluding hydrogens is 297 g/mol. The summed E-state index contributed by atoms with van der Waals surface area (Å²) in [5.41, 5.74) is 1.18. The Labute approximate surface area is 134 Å². The summed E-state index contributed by atoms with van der Waals surface area (Å²) in [6, 6.07) is 8.54. The zero-order valence-electron chi connectivity index (χ0n) is 12.9. The maximum atomic E-state index is 13.6. The van der Waals surface area contributed by atoms with Crippen molar-refractivity contribution in [2.24, 2.45) is 11.8 Å². The lowest BCUT2D eigenvalue weighted by Gasteiger charge is -2.19. The van der Waals surface area contributed by atoms with E-state index in [-0.39, 0.29) is 11.9 Å². The smallest absolute Gasteiger partial charge is 0.165 e. The SMILES string of the molecule is Fc1ccccc1OC[C@@H]1CO[C@@H]2CN(Cc3ccoc3)C[C@H]12. The van der Waals surface area contributed by atoms with Gasteiger partial charge in [0, 0.05) is 37.0 Å². The molecule has 1 aromatic heterocycles. The normalized spacial score (nSPS) is 27.3. The van der Waals surface area contributed by atoms with Crippen molar-refractivity contribution in [1.29, 1.82) is 0 Å². The summed E-state index contributed by atoms with van der Waals surface area (Å²) in [5, 5.41) is 0. The zero-order chi connectivity index (χ0) is 15.6. The Hall–Kier alpha value is -1.85. The second-order valence-corrected chi connectivity index (χ2v) is 6.36. The number of hydrogen-bond acceptors (Lipinski definition) is 4. The van der Waals surface area contributed by atoms with Gasteiger partial charge in [-0.25, -0.2) is 4.39 Å². The first-order valence-corrected chi connectivity index (χ1v) is 8.02. The van der Waals surface area contributed by atoms with E-state index >= 15 is 0 Å². The first-order chi connectivity index (χ1) is 11.3. The molecule has 3 heterocycles. The average Bonchev–Trinajstić information content (AvgIpc) is 3.25. The second kappa shape index (κ2) is 6.34. The van der Waals surface area contributed by atoms with E-state index in [0.717, 1.165) is 19.6 Å². The van der Waals surface area contributed by atoms with E-state index in [0.29, 0.717) is 30.8 Å². The molecule has 0 amide bonds. The number of fused-ring (bicyclic) bond motifs is 1. The standard InChI is InChI=1S/C18H20FNO3/c19-16-3-1-2-4-17(16)22-11-14-12-23-18-9-20(8-15(14)18)7-13-5-6-21-10-13/h1-6,10,14-15,18H,7-9,11-12H2/t14-,15-,18-/m1/s1. The van der Waals surface area contributed by atoms with Crippen LogP contribution in [0.3, 0.4) is 0 Å². The Morgan fingerprint density at radius 1 is 1.22 bits per heavy atom. The van der Waals surface area contributed by atoms with Crippen molar-refractivity contribution >= 4 is 0 Å². The molecule has 2 saturated heterocycles. The van der Waals surface area contributed by atoms with Crippen LogP contribution >= 0.6 is 0 Å². The molecule has 0 unspecified atom stereocenters. The molecule has 2 fully saturated rings. The molecule has 0 saturated carbocycles. The number of furan rings is 1. The molecule has 0 N–H and O–H groups in total. The first kappa shape index (κ1) is 14.7. The first-order valence-electron chi connectivity index (χ1n) is 8.02. The topological polar surface area (TPSA) is 34.8 Å². The number of halogens is 1. The second-order valence-electron chi connectivity index (χ2n) is 6.36. The zero-order valence-corrected chi connectivity index (χ0v) is 12.9. The maximum absolute atomic E-state index is 13.6. The Balaban J connectivity index is 1.34. The Kier molecular flexibility index (Phi) is 4.06. The number of ether oxygens (including phenoxy) is 2. The number of hydrogen-bond donors (Lipinski definition) is 0. The van der Waals surface area contributed by atoms with E-state index in [1.54, 1.807) is 30.7 Å². The molecule has 4 nitrogen and oxygen atoms in total. The third-order valence-corrected chi connectivity index (χ3v) is 4.79. The fraction of sp³-hybridized carbons (Fsp3) is 0.444. The highest BCUT2D eigenvalue weighted by Gasteiger charge is 2.44. The number of nitrogens with zero attached hydrogens (tertiary/aromatic N) is 1. The van der Waals surface area contributed by atoms with Crippen LogP contribution < -0.4 is 4.74 Å². The minimum atomic E-state index is -0.309. The Morgan fingerprint density at radius 3 is 2.96 bits per heavy atom. The van der Waals surface area contributed by atoms with Crippen molar-refractivity contribution in [3.8, 4) is 5.75 Å². The van der Waals surface area contributed by atoms with Gasteiger partial charge in [0.1, 0.15) is 0 Å². The van der Waals surface area contributed by atoms with Crippen LogP contribution in [0.1, 0.15) is 5.56 Å². The van der Waals surface area contributed by atoms with Gasteiger partial charge in [0.05, 0.1) is 31.8 Å². The minimum Gasteiger partial charge on any atom is -0.490 e. The van der Waals surface area contributed by atoms with E-state index in [1.165, 1.54) is 11.6 Å². The molecule has 5 heteroatoms.